The first-order chi connectivity index (χ1) is 9.11. The van der Waals surface area contributed by atoms with Gasteiger partial charge in [0, 0.05) is 12.1 Å². The quantitative estimate of drug-likeness (QED) is 0.875. The number of nitrogens with one attached hydrogen (secondary N) is 1. The molecule has 0 unspecified atom stereocenters. The van der Waals surface area contributed by atoms with Crippen molar-refractivity contribution in [2.24, 2.45) is 0 Å². The Kier molecular flexibility index (Phi) is 4.27. The van der Waals surface area contributed by atoms with Gasteiger partial charge >= 0.3 is 0 Å². The van der Waals surface area contributed by atoms with Gasteiger partial charge in [0.15, 0.2) is 0 Å². The third-order valence-corrected chi connectivity index (χ3v) is 3.09. The summed E-state index contributed by atoms with van der Waals surface area (Å²) in [5.41, 5.74) is 2.44. The van der Waals surface area contributed by atoms with Gasteiger partial charge < -0.3 is 5.32 Å². The number of rotatable bonds is 4. The van der Waals surface area contributed by atoms with E-state index in [9.17, 15) is 8.78 Å². The van der Waals surface area contributed by atoms with E-state index in [0.717, 1.165) is 18.7 Å². The van der Waals surface area contributed by atoms with Gasteiger partial charge in [-0.25, -0.2) is 8.78 Å². The van der Waals surface area contributed by atoms with Gasteiger partial charge in [-0.1, -0.05) is 31.2 Å². The first kappa shape index (κ1) is 13.7. The second-order valence-corrected chi connectivity index (χ2v) is 4.56. The van der Waals surface area contributed by atoms with E-state index in [2.05, 4.69) is 5.32 Å². The van der Waals surface area contributed by atoms with Gasteiger partial charge in [0.25, 0.3) is 0 Å². The molecule has 100 valence electrons. The van der Waals surface area contributed by atoms with E-state index in [1.165, 1.54) is 12.1 Å². The highest BCUT2D eigenvalue weighted by molar-refractivity contribution is 5.65. The molecule has 0 fully saturated rings. The molecule has 0 aliphatic heterocycles. The van der Waals surface area contributed by atoms with Crippen LogP contribution in [0.25, 0.3) is 11.1 Å². The molecule has 3 heteroatoms. The molecule has 0 heterocycles. The van der Waals surface area contributed by atoms with Crippen LogP contribution in [-0.2, 0) is 6.54 Å². The predicted molar refractivity (Wildman–Crippen MR) is 73.9 cm³/mol. The van der Waals surface area contributed by atoms with Crippen LogP contribution in [0.1, 0.15) is 18.1 Å². The van der Waals surface area contributed by atoms with Crippen molar-refractivity contribution in [1.82, 2.24) is 5.32 Å². The lowest BCUT2D eigenvalue weighted by Gasteiger charge is -2.07. The minimum atomic E-state index is -0.390. The fourth-order valence-corrected chi connectivity index (χ4v) is 1.94. The summed E-state index contributed by atoms with van der Waals surface area (Å²) < 4.78 is 27.4. The summed E-state index contributed by atoms with van der Waals surface area (Å²) in [7, 11) is 0. The van der Waals surface area contributed by atoms with Crippen molar-refractivity contribution in [3.63, 3.8) is 0 Å². The molecular formula is C16H17F2N. The van der Waals surface area contributed by atoms with Crippen molar-refractivity contribution in [1.29, 1.82) is 0 Å². The van der Waals surface area contributed by atoms with E-state index < -0.39 is 5.82 Å². The SMILES string of the molecule is CCNCc1ccc(-c2cc(F)c(C)cc2F)cc1. The summed E-state index contributed by atoms with van der Waals surface area (Å²) in [5, 5.41) is 3.22. The maximum atomic E-state index is 13.8. The molecule has 0 aromatic heterocycles. The van der Waals surface area contributed by atoms with E-state index in [1.54, 1.807) is 6.92 Å². The van der Waals surface area contributed by atoms with Crippen molar-refractivity contribution >= 4 is 0 Å². The number of halogens is 2. The molecule has 0 radical (unpaired) electrons. The topological polar surface area (TPSA) is 12.0 Å². The third kappa shape index (κ3) is 3.18. The Morgan fingerprint density at radius 2 is 1.68 bits per heavy atom. The van der Waals surface area contributed by atoms with Crippen molar-refractivity contribution in [3.05, 3.63) is 59.2 Å². The van der Waals surface area contributed by atoms with E-state index in [0.29, 0.717) is 16.7 Å². The number of benzene rings is 2. The second kappa shape index (κ2) is 5.93. The Morgan fingerprint density at radius 1 is 1.00 bits per heavy atom. The molecule has 0 saturated heterocycles. The van der Waals surface area contributed by atoms with Crippen LogP contribution >= 0.6 is 0 Å². The Balaban J connectivity index is 2.29. The highest BCUT2D eigenvalue weighted by atomic mass is 19.1. The molecule has 0 atom stereocenters. The number of hydrogen-bond acceptors (Lipinski definition) is 1. The summed E-state index contributed by atoms with van der Waals surface area (Å²) in [6.07, 6.45) is 0. The van der Waals surface area contributed by atoms with E-state index in [4.69, 9.17) is 0 Å². The van der Waals surface area contributed by atoms with Crippen LogP contribution in [0, 0.1) is 18.6 Å². The van der Waals surface area contributed by atoms with Gasteiger partial charge in [-0.15, -0.1) is 0 Å². The van der Waals surface area contributed by atoms with Gasteiger partial charge in [0.05, 0.1) is 0 Å². The Hall–Kier alpha value is -1.74. The summed E-state index contributed by atoms with van der Waals surface area (Å²) in [5.74, 6) is -0.772. The number of hydrogen-bond donors (Lipinski definition) is 1. The summed E-state index contributed by atoms with van der Waals surface area (Å²) in [6.45, 7) is 5.28. The summed E-state index contributed by atoms with van der Waals surface area (Å²) in [4.78, 5) is 0. The van der Waals surface area contributed by atoms with Crippen LogP contribution in [-0.4, -0.2) is 6.54 Å². The molecule has 19 heavy (non-hydrogen) atoms. The highest BCUT2D eigenvalue weighted by Gasteiger charge is 2.09. The molecule has 1 N–H and O–H groups in total. The molecule has 2 aromatic rings. The fraction of sp³-hybridized carbons (Fsp3) is 0.250. The molecule has 0 aliphatic carbocycles. The largest absolute Gasteiger partial charge is 0.313 e. The van der Waals surface area contributed by atoms with Crippen LogP contribution in [0.2, 0.25) is 0 Å². The Labute approximate surface area is 112 Å². The van der Waals surface area contributed by atoms with E-state index in [1.807, 2.05) is 31.2 Å². The smallest absolute Gasteiger partial charge is 0.131 e. The van der Waals surface area contributed by atoms with E-state index >= 15 is 0 Å². The number of aryl methyl sites for hydroxylation is 1. The van der Waals surface area contributed by atoms with Crippen LogP contribution in [0.15, 0.2) is 36.4 Å². The minimum absolute atomic E-state index is 0.304. The van der Waals surface area contributed by atoms with Gasteiger partial charge in [-0.2, -0.15) is 0 Å². The molecule has 0 aliphatic rings. The molecule has 0 saturated carbocycles. The fourth-order valence-electron chi connectivity index (χ4n) is 1.94. The van der Waals surface area contributed by atoms with Crippen LogP contribution in [0.4, 0.5) is 8.78 Å². The lowest BCUT2D eigenvalue weighted by Crippen LogP contribution is -2.11. The maximum absolute atomic E-state index is 13.8. The molecule has 2 aromatic carbocycles. The van der Waals surface area contributed by atoms with Crippen molar-refractivity contribution < 1.29 is 8.78 Å². The minimum Gasteiger partial charge on any atom is -0.313 e. The molecule has 0 spiro atoms. The summed E-state index contributed by atoms with van der Waals surface area (Å²) in [6, 6.07) is 9.98. The van der Waals surface area contributed by atoms with Crippen LogP contribution < -0.4 is 5.32 Å². The van der Waals surface area contributed by atoms with Gasteiger partial charge in [0.2, 0.25) is 0 Å². The first-order valence-electron chi connectivity index (χ1n) is 6.37. The molecule has 0 amide bonds. The standard InChI is InChI=1S/C16H17F2N/c1-3-19-10-12-4-6-13(7-5-12)14-9-15(17)11(2)8-16(14)18/h4-9,19H,3,10H2,1-2H3. The normalized spacial score (nSPS) is 10.7. The molecule has 2 rings (SSSR count). The second-order valence-electron chi connectivity index (χ2n) is 4.56. The lowest BCUT2D eigenvalue weighted by molar-refractivity contribution is 0.595. The highest BCUT2D eigenvalue weighted by Crippen LogP contribution is 2.25. The van der Waals surface area contributed by atoms with Gasteiger partial charge in [-0.05, 0) is 42.3 Å². The van der Waals surface area contributed by atoms with Gasteiger partial charge in [-0.3, -0.25) is 0 Å². The zero-order valence-corrected chi connectivity index (χ0v) is 11.1. The molecular weight excluding hydrogens is 244 g/mol. The zero-order valence-electron chi connectivity index (χ0n) is 11.1. The average molecular weight is 261 g/mol. The van der Waals surface area contributed by atoms with Crippen molar-refractivity contribution in [2.75, 3.05) is 6.54 Å². The monoisotopic (exact) mass is 261 g/mol. The molecule has 0 bridgehead atoms. The molecule has 1 nitrogen and oxygen atoms in total. The van der Waals surface area contributed by atoms with Crippen LogP contribution in [0.3, 0.4) is 0 Å². The van der Waals surface area contributed by atoms with Gasteiger partial charge in [0.1, 0.15) is 11.6 Å². The zero-order chi connectivity index (χ0) is 13.8. The maximum Gasteiger partial charge on any atom is 0.131 e. The van der Waals surface area contributed by atoms with E-state index in [-0.39, 0.29) is 5.82 Å². The lowest BCUT2D eigenvalue weighted by atomic mass is 10.0. The summed E-state index contributed by atoms with van der Waals surface area (Å²) >= 11 is 0. The predicted octanol–water partition coefficient (Wildman–Crippen LogP) is 4.05. The van der Waals surface area contributed by atoms with Crippen molar-refractivity contribution in [3.8, 4) is 11.1 Å². The first-order valence-corrected chi connectivity index (χ1v) is 6.37. The van der Waals surface area contributed by atoms with Crippen LogP contribution in [0.5, 0.6) is 0 Å². The third-order valence-electron chi connectivity index (χ3n) is 3.09. The Morgan fingerprint density at radius 3 is 2.32 bits per heavy atom. The van der Waals surface area contributed by atoms with Crippen molar-refractivity contribution in [2.45, 2.75) is 20.4 Å². The Bertz CT molecular complexity index is 562. The average Bonchev–Trinajstić information content (AvgIpc) is 2.41.